The van der Waals surface area contributed by atoms with Crippen molar-refractivity contribution < 1.29 is 9.21 Å². The second kappa shape index (κ2) is 9.85. The topological polar surface area (TPSA) is 85.8 Å². The molecule has 2 aromatic carbocycles. The van der Waals surface area contributed by atoms with Crippen molar-refractivity contribution in [3.8, 4) is 16.4 Å². The highest BCUT2D eigenvalue weighted by Crippen LogP contribution is 2.31. The van der Waals surface area contributed by atoms with Crippen LogP contribution in [0.15, 0.2) is 94.0 Å². The molecule has 5 aromatic rings. The molecule has 1 amide bonds. The maximum Gasteiger partial charge on any atom is 0.273 e. The van der Waals surface area contributed by atoms with Gasteiger partial charge in [0.1, 0.15) is 6.26 Å². The van der Waals surface area contributed by atoms with Crippen LogP contribution in [0.2, 0.25) is 0 Å². The summed E-state index contributed by atoms with van der Waals surface area (Å²) in [5.74, 6) is 1.38. The molecule has 0 spiro atoms. The number of nitrogens with one attached hydrogen (secondary N) is 1. The second-order valence-corrected chi connectivity index (χ2v) is 8.93. The monoisotopic (exact) mass is 473 g/mol. The lowest BCUT2D eigenvalue weighted by molar-refractivity contribution is 0.0946. The Labute approximate surface area is 198 Å². The van der Waals surface area contributed by atoms with E-state index in [2.05, 4.69) is 20.5 Å². The van der Waals surface area contributed by atoms with Gasteiger partial charge in [-0.3, -0.25) is 9.36 Å². The molecule has 0 saturated carbocycles. The minimum Gasteiger partial charge on any atom is -0.447 e. The van der Waals surface area contributed by atoms with Crippen molar-refractivity contribution in [3.63, 3.8) is 0 Å². The van der Waals surface area contributed by atoms with Crippen LogP contribution >= 0.6 is 23.1 Å². The number of para-hydroxylation sites is 1. The van der Waals surface area contributed by atoms with Crippen molar-refractivity contribution in [2.75, 3.05) is 0 Å². The maximum atomic E-state index is 12.4. The summed E-state index contributed by atoms with van der Waals surface area (Å²) in [5.41, 5.74) is 2.25. The number of oxazole rings is 1. The summed E-state index contributed by atoms with van der Waals surface area (Å²) in [6.45, 7) is 0.433. The zero-order valence-electron chi connectivity index (χ0n) is 17.4. The first-order chi connectivity index (χ1) is 16.3. The van der Waals surface area contributed by atoms with Crippen LogP contribution in [0.5, 0.6) is 0 Å². The molecule has 33 heavy (non-hydrogen) atoms. The standard InChI is InChI=1S/C24H19N5O2S2/c30-23(25-14-17-8-3-1-4-9-17)19-15-31-21(26-19)16-33-24-28-27-22(20-12-7-13-32-20)29(24)18-10-5-2-6-11-18/h1-13,15H,14,16H2,(H,25,30). The van der Waals surface area contributed by atoms with E-state index in [-0.39, 0.29) is 11.6 Å². The van der Waals surface area contributed by atoms with Gasteiger partial charge in [-0.2, -0.15) is 0 Å². The smallest absolute Gasteiger partial charge is 0.273 e. The minimum atomic E-state index is -0.272. The molecule has 9 heteroatoms. The van der Waals surface area contributed by atoms with E-state index < -0.39 is 0 Å². The van der Waals surface area contributed by atoms with Crippen molar-refractivity contribution >= 4 is 29.0 Å². The highest BCUT2D eigenvalue weighted by atomic mass is 32.2. The molecule has 1 N–H and O–H groups in total. The third-order valence-corrected chi connectivity index (χ3v) is 6.57. The Morgan fingerprint density at radius 1 is 1.00 bits per heavy atom. The predicted octanol–water partition coefficient (Wildman–Crippen LogP) is 5.21. The molecule has 0 saturated heterocycles. The van der Waals surface area contributed by atoms with Crippen LogP contribution in [0.25, 0.3) is 16.4 Å². The fourth-order valence-corrected chi connectivity index (χ4v) is 4.72. The molecule has 0 radical (unpaired) electrons. The summed E-state index contributed by atoms with van der Waals surface area (Å²) in [6, 6.07) is 23.7. The molecular formula is C24H19N5O2S2. The van der Waals surface area contributed by atoms with Gasteiger partial charge in [-0.25, -0.2) is 4.98 Å². The molecular weight excluding hydrogens is 454 g/mol. The van der Waals surface area contributed by atoms with Gasteiger partial charge in [0.15, 0.2) is 16.7 Å². The second-order valence-electron chi connectivity index (χ2n) is 7.04. The van der Waals surface area contributed by atoms with Crippen molar-refractivity contribution in [1.82, 2.24) is 25.1 Å². The van der Waals surface area contributed by atoms with Crippen LogP contribution in [0.3, 0.4) is 0 Å². The summed E-state index contributed by atoms with van der Waals surface area (Å²) < 4.78 is 7.56. The lowest BCUT2D eigenvalue weighted by Gasteiger charge is -2.08. The summed E-state index contributed by atoms with van der Waals surface area (Å²) >= 11 is 3.07. The Hall–Kier alpha value is -3.69. The number of benzene rings is 2. The predicted molar refractivity (Wildman–Crippen MR) is 128 cm³/mol. The van der Waals surface area contributed by atoms with Crippen LogP contribution in [-0.2, 0) is 12.3 Å². The molecule has 0 unspecified atom stereocenters. The normalized spacial score (nSPS) is 10.9. The first-order valence-corrected chi connectivity index (χ1v) is 12.1. The van der Waals surface area contributed by atoms with Gasteiger partial charge in [0.05, 0.1) is 10.6 Å². The van der Waals surface area contributed by atoms with Gasteiger partial charge >= 0.3 is 0 Å². The van der Waals surface area contributed by atoms with Gasteiger partial charge in [-0.15, -0.1) is 21.5 Å². The largest absolute Gasteiger partial charge is 0.447 e. The van der Waals surface area contributed by atoms with Crippen molar-refractivity contribution in [3.05, 3.63) is 102 Å². The first-order valence-electron chi connectivity index (χ1n) is 10.2. The molecule has 0 aliphatic rings. The number of thiophene rings is 1. The van der Waals surface area contributed by atoms with E-state index in [9.17, 15) is 4.79 Å². The zero-order chi connectivity index (χ0) is 22.5. The molecule has 0 atom stereocenters. The average molecular weight is 474 g/mol. The lowest BCUT2D eigenvalue weighted by Crippen LogP contribution is -2.23. The van der Waals surface area contributed by atoms with Gasteiger partial charge in [0.25, 0.3) is 5.91 Å². The number of nitrogens with zero attached hydrogens (tertiary/aromatic N) is 4. The van der Waals surface area contributed by atoms with E-state index in [1.54, 1.807) is 11.3 Å². The zero-order valence-corrected chi connectivity index (χ0v) is 19.1. The molecule has 7 nitrogen and oxygen atoms in total. The summed E-state index contributed by atoms with van der Waals surface area (Å²) in [4.78, 5) is 17.8. The fourth-order valence-electron chi connectivity index (χ4n) is 3.22. The van der Waals surface area contributed by atoms with Crippen LogP contribution in [0.4, 0.5) is 0 Å². The van der Waals surface area contributed by atoms with E-state index in [0.717, 1.165) is 27.1 Å². The van der Waals surface area contributed by atoms with Crippen LogP contribution in [0.1, 0.15) is 21.9 Å². The molecule has 164 valence electrons. The lowest BCUT2D eigenvalue weighted by atomic mass is 10.2. The molecule has 0 aliphatic carbocycles. The molecule has 0 bridgehead atoms. The number of hydrogen-bond acceptors (Lipinski definition) is 7. The Morgan fingerprint density at radius 3 is 2.55 bits per heavy atom. The van der Waals surface area contributed by atoms with Gasteiger partial charge in [0.2, 0.25) is 5.89 Å². The number of hydrogen-bond donors (Lipinski definition) is 1. The Balaban J connectivity index is 1.29. The Kier molecular flexibility index (Phi) is 6.32. The van der Waals surface area contributed by atoms with Crippen molar-refractivity contribution in [2.24, 2.45) is 0 Å². The first kappa shape index (κ1) is 21.2. The van der Waals surface area contributed by atoms with Gasteiger partial charge in [0, 0.05) is 12.2 Å². The number of rotatable bonds is 8. The third kappa shape index (κ3) is 4.89. The molecule has 0 fully saturated rings. The van der Waals surface area contributed by atoms with Crippen LogP contribution < -0.4 is 5.32 Å². The van der Waals surface area contributed by atoms with Gasteiger partial charge < -0.3 is 9.73 Å². The summed E-state index contributed by atoms with van der Waals surface area (Å²) in [5, 5.41) is 14.4. The highest BCUT2D eigenvalue weighted by molar-refractivity contribution is 7.98. The van der Waals surface area contributed by atoms with Crippen molar-refractivity contribution in [1.29, 1.82) is 0 Å². The third-order valence-electron chi connectivity index (χ3n) is 4.79. The van der Waals surface area contributed by atoms with Crippen molar-refractivity contribution in [2.45, 2.75) is 17.5 Å². The summed E-state index contributed by atoms with van der Waals surface area (Å²) in [7, 11) is 0. The average Bonchev–Trinajstić information content (AvgIpc) is 3.63. The van der Waals surface area contributed by atoms with E-state index in [1.807, 2.05) is 82.7 Å². The minimum absolute atomic E-state index is 0.255. The maximum absolute atomic E-state index is 12.4. The SMILES string of the molecule is O=C(NCc1ccccc1)c1coc(CSc2nnc(-c3cccs3)n2-c2ccccc2)n1. The Morgan fingerprint density at radius 2 is 1.79 bits per heavy atom. The number of carbonyl (C=O) groups excluding carboxylic acids is 1. The highest BCUT2D eigenvalue weighted by Gasteiger charge is 2.18. The fraction of sp³-hybridized carbons (Fsp3) is 0.0833. The number of carbonyl (C=O) groups is 1. The number of aromatic nitrogens is 4. The molecule has 5 rings (SSSR count). The quantitative estimate of drug-likeness (QED) is 0.312. The van der Waals surface area contributed by atoms with Gasteiger partial charge in [-0.1, -0.05) is 66.4 Å². The van der Waals surface area contributed by atoms with Crippen LogP contribution in [-0.4, -0.2) is 25.7 Å². The van der Waals surface area contributed by atoms with Crippen LogP contribution in [0, 0.1) is 0 Å². The van der Waals surface area contributed by atoms with E-state index >= 15 is 0 Å². The molecule has 3 heterocycles. The number of thioether (sulfide) groups is 1. The summed E-state index contributed by atoms with van der Waals surface area (Å²) in [6.07, 6.45) is 1.38. The number of amides is 1. The van der Waals surface area contributed by atoms with E-state index in [4.69, 9.17) is 4.42 Å². The Bertz CT molecular complexity index is 1330. The van der Waals surface area contributed by atoms with E-state index in [1.165, 1.54) is 18.0 Å². The molecule has 0 aliphatic heterocycles. The van der Waals surface area contributed by atoms with E-state index in [0.29, 0.717) is 18.2 Å². The van der Waals surface area contributed by atoms with Gasteiger partial charge in [-0.05, 0) is 29.1 Å². The molecule has 3 aromatic heterocycles.